The van der Waals surface area contributed by atoms with E-state index in [0.29, 0.717) is 0 Å². The molecule has 90 valence electrons. The molecule has 1 aromatic rings. The van der Waals surface area contributed by atoms with Gasteiger partial charge < -0.3 is 10.1 Å². The van der Waals surface area contributed by atoms with Crippen molar-refractivity contribution in [3.05, 3.63) is 34.9 Å². The van der Waals surface area contributed by atoms with Crippen LogP contribution >= 0.6 is 11.6 Å². The summed E-state index contributed by atoms with van der Waals surface area (Å²) in [6, 6.07) is 8.06. The largest absolute Gasteiger partial charge is 0.379 e. The van der Waals surface area contributed by atoms with E-state index in [9.17, 15) is 0 Å². The lowest BCUT2D eigenvalue weighted by Gasteiger charge is -2.26. The normalized spacial score (nSPS) is 14.8. The SMILES string of the molecule is CCCC(OC)C(NC)c1ccccc1Cl. The monoisotopic (exact) mass is 241 g/mol. The van der Waals surface area contributed by atoms with Crippen LogP contribution in [0.3, 0.4) is 0 Å². The van der Waals surface area contributed by atoms with Crippen LogP contribution in [0.15, 0.2) is 24.3 Å². The van der Waals surface area contributed by atoms with Crippen molar-refractivity contribution < 1.29 is 4.74 Å². The van der Waals surface area contributed by atoms with Gasteiger partial charge in [0.1, 0.15) is 0 Å². The number of benzene rings is 1. The summed E-state index contributed by atoms with van der Waals surface area (Å²) in [5, 5.41) is 4.08. The van der Waals surface area contributed by atoms with Gasteiger partial charge in [-0.25, -0.2) is 0 Å². The molecular formula is C13H20ClNO. The Kier molecular flexibility index (Phi) is 5.81. The number of nitrogens with one attached hydrogen (secondary N) is 1. The Labute approximate surface area is 103 Å². The smallest absolute Gasteiger partial charge is 0.0766 e. The van der Waals surface area contributed by atoms with Gasteiger partial charge in [-0.05, 0) is 25.1 Å². The topological polar surface area (TPSA) is 21.3 Å². The van der Waals surface area contributed by atoms with Crippen molar-refractivity contribution in [1.82, 2.24) is 5.32 Å². The van der Waals surface area contributed by atoms with E-state index in [-0.39, 0.29) is 12.1 Å². The Morgan fingerprint density at radius 3 is 2.56 bits per heavy atom. The molecule has 1 rings (SSSR count). The van der Waals surface area contributed by atoms with Crippen molar-refractivity contribution in [2.24, 2.45) is 0 Å². The third kappa shape index (κ3) is 3.21. The van der Waals surface area contributed by atoms with E-state index in [1.165, 1.54) is 0 Å². The highest BCUT2D eigenvalue weighted by Gasteiger charge is 2.22. The van der Waals surface area contributed by atoms with Crippen molar-refractivity contribution in [3.8, 4) is 0 Å². The number of hydrogen-bond acceptors (Lipinski definition) is 2. The first-order valence-corrected chi connectivity index (χ1v) is 6.06. The summed E-state index contributed by atoms with van der Waals surface area (Å²) in [4.78, 5) is 0. The van der Waals surface area contributed by atoms with Crippen LogP contribution in [0.4, 0.5) is 0 Å². The molecule has 0 aliphatic heterocycles. The quantitative estimate of drug-likeness (QED) is 0.824. The molecule has 3 heteroatoms. The first kappa shape index (κ1) is 13.5. The first-order chi connectivity index (χ1) is 7.74. The Morgan fingerprint density at radius 1 is 1.38 bits per heavy atom. The molecule has 0 aromatic heterocycles. The minimum absolute atomic E-state index is 0.152. The van der Waals surface area contributed by atoms with E-state index in [2.05, 4.69) is 12.2 Å². The van der Waals surface area contributed by atoms with Crippen LogP contribution < -0.4 is 5.32 Å². The van der Waals surface area contributed by atoms with Gasteiger partial charge in [0, 0.05) is 12.1 Å². The molecule has 0 radical (unpaired) electrons. The molecule has 2 nitrogen and oxygen atoms in total. The van der Waals surface area contributed by atoms with Gasteiger partial charge in [-0.2, -0.15) is 0 Å². The lowest BCUT2D eigenvalue weighted by molar-refractivity contribution is 0.0630. The third-order valence-electron chi connectivity index (χ3n) is 2.80. The van der Waals surface area contributed by atoms with E-state index in [1.807, 2.05) is 31.3 Å². The highest BCUT2D eigenvalue weighted by molar-refractivity contribution is 6.31. The predicted octanol–water partition coefficient (Wildman–Crippen LogP) is 3.42. The molecule has 0 saturated heterocycles. The molecule has 2 unspecified atom stereocenters. The fourth-order valence-electron chi connectivity index (χ4n) is 1.97. The number of ether oxygens (including phenoxy) is 1. The zero-order valence-corrected chi connectivity index (χ0v) is 10.9. The second-order valence-corrected chi connectivity index (χ2v) is 4.26. The summed E-state index contributed by atoms with van der Waals surface area (Å²) in [6.45, 7) is 2.16. The Hall–Kier alpha value is -0.570. The fourth-order valence-corrected chi connectivity index (χ4v) is 2.23. The Balaban J connectivity index is 2.92. The van der Waals surface area contributed by atoms with E-state index < -0.39 is 0 Å². The van der Waals surface area contributed by atoms with E-state index >= 15 is 0 Å². The second kappa shape index (κ2) is 6.89. The predicted molar refractivity (Wildman–Crippen MR) is 69.0 cm³/mol. The van der Waals surface area contributed by atoms with Crippen LogP contribution in [0.25, 0.3) is 0 Å². The molecule has 16 heavy (non-hydrogen) atoms. The summed E-state index contributed by atoms with van der Waals surface area (Å²) < 4.78 is 5.53. The molecule has 0 aliphatic rings. The zero-order chi connectivity index (χ0) is 12.0. The molecule has 2 atom stereocenters. The van der Waals surface area contributed by atoms with E-state index in [1.54, 1.807) is 7.11 Å². The number of hydrogen-bond donors (Lipinski definition) is 1. The molecule has 1 N–H and O–H groups in total. The van der Waals surface area contributed by atoms with Gasteiger partial charge in [0.2, 0.25) is 0 Å². The van der Waals surface area contributed by atoms with Gasteiger partial charge in [-0.1, -0.05) is 43.1 Å². The summed E-state index contributed by atoms with van der Waals surface area (Å²) >= 11 is 6.20. The fraction of sp³-hybridized carbons (Fsp3) is 0.538. The molecule has 0 fully saturated rings. The van der Waals surface area contributed by atoms with Gasteiger partial charge in [0.15, 0.2) is 0 Å². The summed E-state index contributed by atoms with van der Waals surface area (Å²) in [5.74, 6) is 0. The second-order valence-electron chi connectivity index (χ2n) is 3.85. The van der Waals surface area contributed by atoms with E-state index in [4.69, 9.17) is 16.3 Å². The molecule has 0 heterocycles. The maximum Gasteiger partial charge on any atom is 0.0766 e. The molecule has 0 aliphatic carbocycles. The minimum Gasteiger partial charge on any atom is -0.379 e. The van der Waals surface area contributed by atoms with Crippen molar-refractivity contribution in [2.75, 3.05) is 14.2 Å². The minimum atomic E-state index is 0.152. The highest BCUT2D eigenvalue weighted by Crippen LogP contribution is 2.27. The molecular weight excluding hydrogens is 222 g/mol. The van der Waals surface area contributed by atoms with Gasteiger partial charge >= 0.3 is 0 Å². The maximum atomic E-state index is 6.20. The average molecular weight is 242 g/mol. The standard InChI is InChI=1S/C13H20ClNO/c1-4-7-12(16-3)13(15-2)10-8-5-6-9-11(10)14/h5-6,8-9,12-13,15H,4,7H2,1-3H3. The summed E-state index contributed by atoms with van der Waals surface area (Å²) in [7, 11) is 3.69. The number of rotatable bonds is 6. The van der Waals surface area contributed by atoms with Crippen LogP contribution in [-0.2, 0) is 4.74 Å². The Morgan fingerprint density at radius 2 is 2.06 bits per heavy atom. The van der Waals surface area contributed by atoms with Crippen molar-refractivity contribution in [2.45, 2.75) is 31.9 Å². The molecule has 0 saturated carbocycles. The molecule has 1 aromatic carbocycles. The number of halogens is 1. The van der Waals surface area contributed by atoms with Gasteiger partial charge in [-0.3, -0.25) is 0 Å². The summed E-state index contributed by atoms with van der Waals surface area (Å²) in [5.41, 5.74) is 1.10. The van der Waals surface area contributed by atoms with Crippen LogP contribution in [-0.4, -0.2) is 20.3 Å². The van der Waals surface area contributed by atoms with Crippen LogP contribution in [0.2, 0.25) is 5.02 Å². The van der Waals surface area contributed by atoms with Crippen molar-refractivity contribution in [3.63, 3.8) is 0 Å². The number of methoxy groups -OCH3 is 1. The maximum absolute atomic E-state index is 6.20. The third-order valence-corrected chi connectivity index (χ3v) is 3.14. The van der Waals surface area contributed by atoms with E-state index in [0.717, 1.165) is 23.4 Å². The average Bonchev–Trinajstić information content (AvgIpc) is 2.31. The van der Waals surface area contributed by atoms with Crippen LogP contribution in [0.1, 0.15) is 31.4 Å². The van der Waals surface area contributed by atoms with Gasteiger partial charge in [0.25, 0.3) is 0 Å². The molecule has 0 amide bonds. The lowest BCUT2D eigenvalue weighted by atomic mass is 9.98. The zero-order valence-electron chi connectivity index (χ0n) is 10.2. The summed E-state index contributed by atoms with van der Waals surface area (Å²) in [6.07, 6.45) is 2.28. The highest BCUT2D eigenvalue weighted by atomic mass is 35.5. The van der Waals surface area contributed by atoms with Gasteiger partial charge in [0.05, 0.1) is 12.1 Å². The molecule has 0 bridgehead atoms. The van der Waals surface area contributed by atoms with Gasteiger partial charge in [-0.15, -0.1) is 0 Å². The van der Waals surface area contributed by atoms with Crippen LogP contribution in [0.5, 0.6) is 0 Å². The Bertz CT molecular complexity index is 317. The first-order valence-electron chi connectivity index (χ1n) is 5.69. The lowest BCUT2D eigenvalue weighted by Crippen LogP contribution is -2.31. The van der Waals surface area contributed by atoms with Crippen LogP contribution in [0, 0.1) is 0 Å². The van der Waals surface area contributed by atoms with Crippen molar-refractivity contribution >= 4 is 11.6 Å². The molecule has 0 spiro atoms. The number of likely N-dealkylation sites (N-methyl/N-ethyl adjacent to an activating group) is 1. The van der Waals surface area contributed by atoms with Crippen molar-refractivity contribution in [1.29, 1.82) is 0 Å².